The first-order valence-corrected chi connectivity index (χ1v) is 9.80. The molecular formula is C23H25N3O3. The van der Waals surface area contributed by atoms with Crippen molar-refractivity contribution in [2.75, 3.05) is 11.9 Å². The summed E-state index contributed by atoms with van der Waals surface area (Å²) in [4.78, 5) is 31.5. The van der Waals surface area contributed by atoms with E-state index in [4.69, 9.17) is 4.74 Å². The maximum absolute atomic E-state index is 12.4. The van der Waals surface area contributed by atoms with Crippen LogP contribution in [0, 0.1) is 0 Å². The average molecular weight is 391 g/mol. The third-order valence-electron chi connectivity index (χ3n) is 4.47. The Labute approximate surface area is 170 Å². The molecule has 1 heterocycles. The molecule has 0 radical (unpaired) electrons. The monoisotopic (exact) mass is 391 g/mol. The molecule has 0 aliphatic rings. The van der Waals surface area contributed by atoms with Crippen LogP contribution in [0.1, 0.15) is 31.5 Å². The third kappa shape index (κ3) is 5.54. The highest BCUT2D eigenvalue weighted by atomic mass is 16.5. The Morgan fingerprint density at radius 3 is 2.72 bits per heavy atom. The Morgan fingerprint density at radius 1 is 1.10 bits per heavy atom. The quantitative estimate of drug-likeness (QED) is 0.609. The summed E-state index contributed by atoms with van der Waals surface area (Å²) < 4.78 is 5.61. The maximum Gasteiger partial charge on any atom is 0.251 e. The van der Waals surface area contributed by atoms with Crippen molar-refractivity contribution in [3.05, 3.63) is 76.2 Å². The number of rotatable bonds is 8. The largest absolute Gasteiger partial charge is 0.494 e. The van der Waals surface area contributed by atoms with E-state index >= 15 is 0 Å². The Morgan fingerprint density at radius 2 is 1.93 bits per heavy atom. The van der Waals surface area contributed by atoms with Crippen molar-refractivity contribution in [2.45, 2.75) is 33.1 Å². The number of ether oxygens (including phenoxy) is 1. The fourth-order valence-electron chi connectivity index (χ4n) is 3.05. The van der Waals surface area contributed by atoms with Crippen LogP contribution < -0.4 is 15.6 Å². The summed E-state index contributed by atoms with van der Waals surface area (Å²) >= 11 is 0. The molecule has 3 aromatic rings. The van der Waals surface area contributed by atoms with Crippen molar-refractivity contribution in [3.8, 4) is 17.1 Å². The number of amides is 1. The predicted molar refractivity (Wildman–Crippen MR) is 114 cm³/mol. The predicted octanol–water partition coefficient (Wildman–Crippen LogP) is 3.97. The SMILES string of the molecule is CCOc1ccccc1CCC(=O)Nc1cccc(-c2nc(CC)cc(=O)[nH]2)c1. The van der Waals surface area contributed by atoms with Gasteiger partial charge in [0.2, 0.25) is 5.91 Å². The van der Waals surface area contributed by atoms with E-state index in [1.165, 1.54) is 6.07 Å². The number of benzene rings is 2. The molecule has 0 saturated heterocycles. The number of hydrogen-bond donors (Lipinski definition) is 2. The maximum atomic E-state index is 12.4. The van der Waals surface area contributed by atoms with E-state index in [1.807, 2.05) is 62.4 Å². The Balaban J connectivity index is 1.68. The molecule has 0 aliphatic heterocycles. The van der Waals surface area contributed by atoms with E-state index in [1.54, 1.807) is 0 Å². The molecule has 0 fully saturated rings. The first kappa shape index (κ1) is 20.3. The Bertz CT molecular complexity index is 1040. The van der Waals surface area contributed by atoms with Crippen LogP contribution in [-0.4, -0.2) is 22.5 Å². The highest BCUT2D eigenvalue weighted by Gasteiger charge is 2.09. The number of hydrogen-bond acceptors (Lipinski definition) is 4. The summed E-state index contributed by atoms with van der Waals surface area (Å²) in [7, 11) is 0. The van der Waals surface area contributed by atoms with Gasteiger partial charge >= 0.3 is 0 Å². The molecule has 0 atom stereocenters. The number of carbonyl (C=O) groups excluding carboxylic acids is 1. The van der Waals surface area contributed by atoms with Crippen molar-refractivity contribution in [1.29, 1.82) is 0 Å². The zero-order chi connectivity index (χ0) is 20.6. The molecule has 0 spiro atoms. The van der Waals surface area contributed by atoms with Crippen LogP contribution in [0.3, 0.4) is 0 Å². The van der Waals surface area contributed by atoms with Gasteiger partial charge in [-0.2, -0.15) is 0 Å². The molecule has 0 saturated carbocycles. The molecular weight excluding hydrogens is 366 g/mol. The van der Waals surface area contributed by atoms with Gasteiger partial charge in [0, 0.05) is 29.4 Å². The van der Waals surface area contributed by atoms with Crippen LogP contribution in [0.2, 0.25) is 0 Å². The molecule has 1 amide bonds. The summed E-state index contributed by atoms with van der Waals surface area (Å²) in [6.45, 7) is 4.48. The number of aromatic amines is 1. The Kier molecular flexibility index (Phi) is 6.79. The standard InChI is InChI=1S/C23H25N3O3/c1-3-18-15-22(28)26-23(25-18)17-9-7-10-19(14-17)24-21(27)13-12-16-8-5-6-11-20(16)29-4-2/h5-11,14-15H,3-4,12-13H2,1-2H3,(H,24,27)(H,25,26,28). The van der Waals surface area contributed by atoms with Gasteiger partial charge in [-0.25, -0.2) is 4.98 Å². The van der Waals surface area contributed by atoms with E-state index < -0.39 is 0 Å². The van der Waals surface area contributed by atoms with E-state index in [-0.39, 0.29) is 11.5 Å². The molecule has 0 aliphatic carbocycles. The van der Waals surface area contributed by atoms with Gasteiger partial charge in [0.1, 0.15) is 11.6 Å². The molecule has 0 bridgehead atoms. The van der Waals surface area contributed by atoms with E-state index in [2.05, 4.69) is 15.3 Å². The fraction of sp³-hybridized carbons (Fsp3) is 0.261. The van der Waals surface area contributed by atoms with E-state index in [9.17, 15) is 9.59 Å². The van der Waals surface area contributed by atoms with E-state index in [0.29, 0.717) is 37.4 Å². The van der Waals surface area contributed by atoms with Crippen molar-refractivity contribution >= 4 is 11.6 Å². The normalized spacial score (nSPS) is 10.6. The minimum atomic E-state index is -0.186. The highest BCUT2D eigenvalue weighted by Crippen LogP contribution is 2.21. The molecule has 6 heteroatoms. The van der Waals surface area contributed by atoms with Gasteiger partial charge in [-0.15, -0.1) is 0 Å². The zero-order valence-corrected chi connectivity index (χ0v) is 16.7. The van der Waals surface area contributed by atoms with Crippen LogP contribution in [-0.2, 0) is 17.6 Å². The minimum absolute atomic E-state index is 0.0859. The number of nitrogens with zero attached hydrogens (tertiary/aromatic N) is 1. The van der Waals surface area contributed by atoms with Gasteiger partial charge in [-0.05, 0) is 43.5 Å². The lowest BCUT2D eigenvalue weighted by Gasteiger charge is -2.10. The molecule has 3 rings (SSSR count). The van der Waals surface area contributed by atoms with Crippen molar-refractivity contribution in [3.63, 3.8) is 0 Å². The molecule has 2 aromatic carbocycles. The second-order valence-electron chi connectivity index (χ2n) is 6.61. The summed E-state index contributed by atoms with van der Waals surface area (Å²) in [5, 5.41) is 2.92. The molecule has 6 nitrogen and oxygen atoms in total. The summed E-state index contributed by atoms with van der Waals surface area (Å²) in [5.74, 6) is 1.23. The lowest BCUT2D eigenvalue weighted by Crippen LogP contribution is -2.13. The smallest absolute Gasteiger partial charge is 0.251 e. The molecule has 0 unspecified atom stereocenters. The second-order valence-corrected chi connectivity index (χ2v) is 6.61. The van der Waals surface area contributed by atoms with Crippen LogP contribution in [0.4, 0.5) is 5.69 Å². The number of nitrogens with one attached hydrogen (secondary N) is 2. The first-order chi connectivity index (χ1) is 14.1. The number of carbonyl (C=O) groups is 1. The summed E-state index contributed by atoms with van der Waals surface area (Å²) in [6, 6.07) is 16.6. The van der Waals surface area contributed by atoms with Gasteiger partial charge in [0.25, 0.3) is 5.56 Å². The lowest BCUT2D eigenvalue weighted by atomic mass is 10.1. The van der Waals surface area contributed by atoms with Gasteiger partial charge < -0.3 is 15.0 Å². The number of aryl methyl sites for hydroxylation is 2. The van der Waals surface area contributed by atoms with E-state index in [0.717, 1.165) is 22.6 Å². The molecule has 29 heavy (non-hydrogen) atoms. The Hall–Kier alpha value is -3.41. The lowest BCUT2D eigenvalue weighted by molar-refractivity contribution is -0.116. The highest BCUT2D eigenvalue weighted by molar-refractivity contribution is 5.91. The molecule has 2 N–H and O–H groups in total. The van der Waals surface area contributed by atoms with Crippen LogP contribution in [0.5, 0.6) is 5.75 Å². The van der Waals surface area contributed by atoms with Crippen molar-refractivity contribution in [1.82, 2.24) is 9.97 Å². The van der Waals surface area contributed by atoms with Crippen molar-refractivity contribution < 1.29 is 9.53 Å². The average Bonchev–Trinajstić information content (AvgIpc) is 2.73. The van der Waals surface area contributed by atoms with Crippen LogP contribution in [0.25, 0.3) is 11.4 Å². The second kappa shape index (κ2) is 9.68. The first-order valence-electron chi connectivity index (χ1n) is 9.80. The summed E-state index contributed by atoms with van der Waals surface area (Å²) in [6.07, 6.45) is 1.61. The number of H-pyrrole nitrogens is 1. The topological polar surface area (TPSA) is 84.1 Å². The molecule has 150 valence electrons. The van der Waals surface area contributed by atoms with Crippen LogP contribution in [0.15, 0.2) is 59.4 Å². The van der Waals surface area contributed by atoms with Gasteiger partial charge in [-0.3, -0.25) is 9.59 Å². The molecule has 1 aromatic heterocycles. The fourth-order valence-corrected chi connectivity index (χ4v) is 3.05. The number of aromatic nitrogens is 2. The van der Waals surface area contributed by atoms with Crippen molar-refractivity contribution in [2.24, 2.45) is 0 Å². The zero-order valence-electron chi connectivity index (χ0n) is 16.7. The van der Waals surface area contributed by atoms with Gasteiger partial charge in [-0.1, -0.05) is 37.3 Å². The third-order valence-corrected chi connectivity index (χ3v) is 4.47. The summed E-state index contributed by atoms with van der Waals surface area (Å²) in [5.41, 5.74) is 2.96. The minimum Gasteiger partial charge on any atom is -0.494 e. The van der Waals surface area contributed by atoms with Crippen LogP contribution >= 0.6 is 0 Å². The van der Waals surface area contributed by atoms with Gasteiger partial charge in [0.15, 0.2) is 0 Å². The number of para-hydroxylation sites is 1. The number of anilines is 1. The van der Waals surface area contributed by atoms with Gasteiger partial charge in [0.05, 0.1) is 6.61 Å².